The lowest BCUT2D eigenvalue weighted by Crippen LogP contribution is -2.54. The van der Waals surface area contributed by atoms with Crippen molar-refractivity contribution in [1.29, 1.82) is 0 Å². The molecule has 0 aromatic carbocycles. The highest BCUT2D eigenvalue weighted by molar-refractivity contribution is 5.74. The molecule has 2 atom stereocenters. The summed E-state index contributed by atoms with van der Waals surface area (Å²) in [5.74, 6) is 0.0159. The largest absolute Gasteiger partial charge is 0.444 e. The second kappa shape index (κ2) is 5.00. The van der Waals surface area contributed by atoms with Gasteiger partial charge in [0.1, 0.15) is 5.60 Å². The SMILES string of the molecule is CC(=O)N1C[C@@H]2OCCN(C(=O)OC(C)(C)C)[C@H]2C1. The van der Waals surface area contributed by atoms with Gasteiger partial charge in [-0.3, -0.25) is 9.69 Å². The van der Waals surface area contributed by atoms with Crippen molar-refractivity contribution in [2.45, 2.75) is 45.4 Å². The molecule has 0 spiro atoms. The summed E-state index contributed by atoms with van der Waals surface area (Å²) in [5, 5.41) is 0. The lowest BCUT2D eigenvalue weighted by atomic mass is 10.1. The summed E-state index contributed by atoms with van der Waals surface area (Å²) >= 11 is 0. The number of rotatable bonds is 0. The van der Waals surface area contributed by atoms with Gasteiger partial charge in [-0.1, -0.05) is 0 Å². The van der Waals surface area contributed by atoms with E-state index in [2.05, 4.69) is 0 Å². The zero-order chi connectivity index (χ0) is 14.2. The molecule has 0 N–H and O–H groups in total. The first-order valence-corrected chi connectivity index (χ1v) is 6.64. The van der Waals surface area contributed by atoms with Crippen LogP contribution in [0.4, 0.5) is 4.79 Å². The average molecular weight is 270 g/mol. The number of likely N-dealkylation sites (tertiary alicyclic amines) is 1. The summed E-state index contributed by atoms with van der Waals surface area (Å²) in [6.45, 7) is 9.17. The molecule has 2 aliphatic heterocycles. The van der Waals surface area contributed by atoms with Crippen molar-refractivity contribution in [3.8, 4) is 0 Å². The van der Waals surface area contributed by atoms with Gasteiger partial charge < -0.3 is 14.4 Å². The van der Waals surface area contributed by atoms with Crippen LogP contribution in [0, 0.1) is 0 Å². The monoisotopic (exact) mass is 270 g/mol. The number of ether oxygens (including phenoxy) is 2. The zero-order valence-corrected chi connectivity index (χ0v) is 12.0. The second-order valence-electron chi connectivity index (χ2n) is 6.07. The molecule has 2 aliphatic rings. The van der Waals surface area contributed by atoms with Gasteiger partial charge in [-0.15, -0.1) is 0 Å². The van der Waals surface area contributed by atoms with Crippen molar-refractivity contribution in [1.82, 2.24) is 9.80 Å². The number of hydrogen-bond acceptors (Lipinski definition) is 4. The van der Waals surface area contributed by atoms with Crippen LogP contribution < -0.4 is 0 Å². The molecule has 2 heterocycles. The number of carbonyl (C=O) groups excluding carboxylic acids is 2. The Morgan fingerprint density at radius 1 is 1.26 bits per heavy atom. The molecule has 0 bridgehead atoms. The number of nitrogens with zero attached hydrogens (tertiary/aromatic N) is 2. The first kappa shape index (κ1) is 14.1. The third-order valence-electron chi connectivity index (χ3n) is 3.37. The van der Waals surface area contributed by atoms with Crippen LogP contribution in [-0.2, 0) is 14.3 Å². The molecule has 0 aliphatic carbocycles. The highest BCUT2D eigenvalue weighted by Crippen LogP contribution is 2.24. The van der Waals surface area contributed by atoms with Crippen LogP contribution in [0.1, 0.15) is 27.7 Å². The molecule has 0 saturated carbocycles. The molecule has 2 amide bonds. The van der Waals surface area contributed by atoms with Crippen LogP contribution >= 0.6 is 0 Å². The number of hydrogen-bond donors (Lipinski definition) is 0. The van der Waals surface area contributed by atoms with Crippen LogP contribution in [0.5, 0.6) is 0 Å². The Bertz CT molecular complexity index is 377. The van der Waals surface area contributed by atoms with Gasteiger partial charge in [-0.05, 0) is 20.8 Å². The van der Waals surface area contributed by atoms with E-state index >= 15 is 0 Å². The first-order valence-electron chi connectivity index (χ1n) is 6.64. The summed E-state index contributed by atoms with van der Waals surface area (Å²) < 4.78 is 11.1. The summed E-state index contributed by atoms with van der Waals surface area (Å²) in [5.41, 5.74) is -0.510. The lowest BCUT2D eigenvalue weighted by Gasteiger charge is -2.37. The lowest BCUT2D eigenvalue weighted by molar-refractivity contribution is -0.128. The Kier molecular flexibility index (Phi) is 3.71. The van der Waals surface area contributed by atoms with Crippen molar-refractivity contribution in [2.24, 2.45) is 0 Å². The number of amides is 2. The first-order chi connectivity index (χ1) is 8.78. The summed E-state index contributed by atoms with van der Waals surface area (Å²) in [6, 6.07) is -0.0903. The Labute approximate surface area is 113 Å². The van der Waals surface area contributed by atoms with Crippen LogP contribution in [0.2, 0.25) is 0 Å². The topological polar surface area (TPSA) is 59.1 Å². The summed E-state index contributed by atoms with van der Waals surface area (Å²) in [4.78, 5) is 27.0. The zero-order valence-electron chi connectivity index (χ0n) is 12.0. The fraction of sp³-hybridized carbons (Fsp3) is 0.846. The van der Waals surface area contributed by atoms with Crippen molar-refractivity contribution >= 4 is 12.0 Å². The Morgan fingerprint density at radius 2 is 1.95 bits per heavy atom. The van der Waals surface area contributed by atoms with E-state index in [0.29, 0.717) is 26.2 Å². The van der Waals surface area contributed by atoms with Crippen LogP contribution in [0.25, 0.3) is 0 Å². The van der Waals surface area contributed by atoms with E-state index in [9.17, 15) is 9.59 Å². The molecule has 6 heteroatoms. The molecular weight excluding hydrogens is 248 g/mol. The van der Waals surface area contributed by atoms with Gasteiger partial charge >= 0.3 is 6.09 Å². The van der Waals surface area contributed by atoms with Gasteiger partial charge in [0.2, 0.25) is 5.91 Å². The van der Waals surface area contributed by atoms with Crippen LogP contribution in [0.3, 0.4) is 0 Å². The molecule has 2 rings (SSSR count). The minimum atomic E-state index is -0.510. The van der Waals surface area contributed by atoms with E-state index < -0.39 is 5.60 Å². The molecule has 0 aromatic heterocycles. The third kappa shape index (κ3) is 3.18. The summed E-state index contributed by atoms with van der Waals surface area (Å²) in [7, 11) is 0. The minimum absolute atomic E-state index is 0.0159. The Hall–Kier alpha value is -1.30. The van der Waals surface area contributed by atoms with Gasteiger partial charge in [0.05, 0.1) is 18.8 Å². The molecular formula is C13H22N2O4. The maximum atomic E-state index is 12.2. The van der Waals surface area contributed by atoms with Crippen molar-refractivity contribution in [3.05, 3.63) is 0 Å². The quantitative estimate of drug-likeness (QED) is 0.655. The number of morpholine rings is 1. The average Bonchev–Trinajstić information content (AvgIpc) is 2.69. The molecule has 0 radical (unpaired) electrons. The highest BCUT2D eigenvalue weighted by atomic mass is 16.6. The van der Waals surface area contributed by atoms with E-state index in [-0.39, 0.29) is 24.1 Å². The molecule has 2 fully saturated rings. The molecule has 2 saturated heterocycles. The van der Waals surface area contributed by atoms with E-state index in [1.54, 1.807) is 9.80 Å². The fourth-order valence-corrected chi connectivity index (χ4v) is 2.49. The predicted octanol–water partition coefficient (Wildman–Crippen LogP) is 0.853. The summed E-state index contributed by atoms with van der Waals surface area (Å²) in [6.07, 6.45) is -0.415. The number of fused-ring (bicyclic) bond motifs is 1. The normalized spacial score (nSPS) is 27.2. The third-order valence-corrected chi connectivity index (χ3v) is 3.37. The fourth-order valence-electron chi connectivity index (χ4n) is 2.49. The minimum Gasteiger partial charge on any atom is -0.444 e. The van der Waals surface area contributed by atoms with E-state index in [1.807, 2.05) is 20.8 Å². The maximum Gasteiger partial charge on any atom is 0.410 e. The van der Waals surface area contributed by atoms with Gasteiger partial charge in [-0.25, -0.2) is 4.79 Å². The Morgan fingerprint density at radius 3 is 2.53 bits per heavy atom. The van der Waals surface area contributed by atoms with Crippen LogP contribution in [-0.4, -0.2) is 65.8 Å². The second-order valence-corrected chi connectivity index (χ2v) is 6.07. The number of carbonyl (C=O) groups is 2. The van der Waals surface area contributed by atoms with Crippen molar-refractivity contribution in [2.75, 3.05) is 26.2 Å². The molecule has 0 aromatic rings. The molecule has 6 nitrogen and oxygen atoms in total. The van der Waals surface area contributed by atoms with Gasteiger partial charge in [0.15, 0.2) is 0 Å². The van der Waals surface area contributed by atoms with Gasteiger partial charge in [0.25, 0.3) is 0 Å². The van der Waals surface area contributed by atoms with Gasteiger partial charge in [-0.2, -0.15) is 0 Å². The predicted molar refractivity (Wildman–Crippen MR) is 68.7 cm³/mol. The standard InChI is InChI=1S/C13H22N2O4/c1-9(16)14-7-10-11(8-14)18-6-5-15(10)12(17)19-13(2,3)4/h10-11H,5-8H2,1-4H3/t10-,11-/m0/s1. The van der Waals surface area contributed by atoms with E-state index in [1.165, 1.54) is 6.92 Å². The smallest absolute Gasteiger partial charge is 0.410 e. The van der Waals surface area contributed by atoms with Crippen LogP contribution in [0.15, 0.2) is 0 Å². The van der Waals surface area contributed by atoms with Crippen molar-refractivity contribution in [3.63, 3.8) is 0 Å². The maximum absolute atomic E-state index is 12.2. The van der Waals surface area contributed by atoms with E-state index in [4.69, 9.17) is 9.47 Å². The molecule has 19 heavy (non-hydrogen) atoms. The Balaban J connectivity index is 2.05. The molecule has 0 unspecified atom stereocenters. The highest BCUT2D eigenvalue weighted by Gasteiger charge is 2.44. The molecule has 108 valence electrons. The van der Waals surface area contributed by atoms with E-state index in [0.717, 1.165) is 0 Å². The van der Waals surface area contributed by atoms with Gasteiger partial charge in [0, 0.05) is 26.6 Å². The van der Waals surface area contributed by atoms with Crippen molar-refractivity contribution < 1.29 is 19.1 Å².